The predicted octanol–water partition coefficient (Wildman–Crippen LogP) is 1.48. The van der Waals surface area contributed by atoms with Crippen LogP contribution in [0.1, 0.15) is 25.8 Å². The molecule has 21 heavy (non-hydrogen) atoms. The normalized spacial score (nSPS) is 20.2. The van der Waals surface area contributed by atoms with Gasteiger partial charge in [0.2, 0.25) is 10.0 Å². The Morgan fingerprint density at radius 2 is 2.24 bits per heavy atom. The van der Waals surface area contributed by atoms with E-state index in [4.69, 9.17) is 0 Å². The Balaban J connectivity index is 1.88. The Morgan fingerprint density at radius 1 is 1.43 bits per heavy atom. The van der Waals surface area contributed by atoms with Crippen molar-refractivity contribution < 1.29 is 8.42 Å². The molecule has 1 aromatic heterocycles. The lowest BCUT2D eigenvalue weighted by Gasteiger charge is -2.13. The second-order valence-corrected chi connectivity index (χ2v) is 8.36. The largest absolute Gasteiger partial charge is 0.313 e. The van der Waals surface area contributed by atoms with Crippen LogP contribution in [0.15, 0.2) is 15.7 Å². The fourth-order valence-corrected chi connectivity index (χ4v) is 4.89. The van der Waals surface area contributed by atoms with Gasteiger partial charge in [0, 0.05) is 19.6 Å². The van der Waals surface area contributed by atoms with Gasteiger partial charge in [-0.25, -0.2) is 13.1 Å². The molecule has 5 nitrogen and oxygen atoms in total. The third-order valence-electron chi connectivity index (χ3n) is 3.85. The van der Waals surface area contributed by atoms with E-state index in [0.29, 0.717) is 16.7 Å². The smallest absolute Gasteiger partial charge is 0.250 e. The highest BCUT2D eigenvalue weighted by molar-refractivity contribution is 7.91. The number of likely N-dealkylation sites (tertiary alicyclic amines) is 1. The molecule has 0 bridgehead atoms. The molecule has 1 fully saturated rings. The quantitative estimate of drug-likeness (QED) is 0.757. The minimum absolute atomic E-state index is 0.417. The number of thiophene rings is 1. The second kappa shape index (κ2) is 7.69. The van der Waals surface area contributed by atoms with Gasteiger partial charge >= 0.3 is 0 Å². The fraction of sp³-hybridized carbons (Fsp3) is 0.714. The van der Waals surface area contributed by atoms with Crippen LogP contribution < -0.4 is 10.0 Å². The molecule has 1 saturated heterocycles. The van der Waals surface area contributed by atoms with E-state index in [0.717, 1.165) is 44.7 Å². The molecule has 0 spiro atoms. The average molecular weight is 332 g/mol. The van der Waals surface area contributed by atoms with Crippen LogP contribution in [0.25, 0.3) is 0 Å². The lowest BCUT2D eigenvalue weighted by molar-refractivity contribution is 0.342. The highest BCUT2D eigenvalue weighted by Gasteiger charge is 2.24. The number of nitrogens with one attached hydrogen (secondary N) is 2. The Labute approximate surface area is 131 Å². The Morgan fingerprint density at radius 3 is 2.90 bits per heavy atom. The lowest BCUT2D eigenvalue weighted by Crippen LogP contribution is -2.30. The van der Waals surface area contributed by atoms with Crippen LogP contribution in [-0.4, -0.2) is 46.0 Å². The summed E-state index contributed by atoms with van der Waals surface area (Å²) in [6.45, 7) is 9.43. The Kier molecular flexibility index (Phi) is 6.19. The zero-order chi connectivity index (χ0) is 15.3. The van der Waals surface area contributed by atoms with Crippen LogP contribution in [0, 0.1) is 5.92 Å². The van der Waals surface area contributed by atoms with E-state index in [1.807, 2.05) is 12.3 Å². The average Bonchev–Trinajstić information content (AvgIpc) is 3.12. The third-order valence-corrected chi connectivity index (χ3v) is 6.76. The number of sulfonamides is 1. The molecule has 2 N–H and O–H groups in total. The molecule has 0 saturated carbocycles. The van der Waals surface area contributed by atoms with Crippen LogP contribution in [0.2, 0.25) is 0 Å². The van der Waals surface area contributed by atoms with Gasteiger partial charge in [0.15, 0.2) is 0 Å². The Hall–Kier alpha value is -0.470. The standard InChI is InChI=1S/C14H25N3O2S2/c1-3-15-8-13-7-14(20-11-13)21(18,19)16-9-12-5-6-17(4-2)10-12/h7,11-12,15-16H,3-6,8-10H2,1-2H3. The van der Waals surface area contributed by atoms with E-state index < -0.39 is 10.0 Å². The lowest BCUT2D eigenvalue weighted by atomic mass is 10.1. The first-order valence-electron chi connectivity index (χ1n) is 7.55. The summed E-state index contributed by atoms with van der Waals surface area (Å²) in [7, 11) is -3.35. The highest BCUT2D eigenvalue weighted by Crippen LogP contribution is 2.21. The van der Waals surface area contributed by atoms with Crippen molar-refractivity contribution in [3.63, 3.8) is 0 Å². The first-order valence-corrected chi connectivity index (χ1v) is 9.91. The molecular formula is C14H25N3O2S2. The number of hydrogen-bond acceptors (Lipinski definition) is 5. The van der Waals surface area contributed by atoms with Gasteiger partial charge in [0.1, 0.15) is 4.21 Å². The van der Waals surface area contributed by atoms with Gasteiger partial charge in [-0.3, -0.25) is 0 Å². The van der Waals surface area contributed by atoms with Crippen molar-refractivity contribution in [2.24, 2.45) is 5.92 Å². The SMILES string of the molecule is CCNCc1csc(S(=O)(=O)NCC2CCN(CC)C2)c1. The van der Waals surface area contributed by atoms with E-state index in [2.05, 4.69) is 21.9 Å². The van der Waals surface area contributed by atoms with Crippen molar-refractivity contribution >= 4 is 21.4 Å². The predicted molar refractivity (Wildman–Crippen MR) is 87.1 cm³/mol. The summed E-state index contributed by atoms with van der Waals surface area (Å²) >= 11 is 1.29. The molecular weight excluding hydrogens is 306 g/mol. The zero-order valence-corrected chi connectivity index (χ0v) is 14.4. The summed E-state index contributed by atoms with van der Waals surface area (Å²) in [5.41, 5.74) is 1.03. The molecule has 1 aromatic rings. The van der Waals surface area contributed by atoms with Gasteiger partial charge in [-0.05, 0) is 49.0 Å². The van der Waals surface area contributed by atoms with Crippen molar-refractivity contribution in [1.82, 2.24) is 14.9 Å². The summed E-state index contributed by atoms with van der Waals surface area (Å²) in [4.78, 5) is 2.36. The van der Waals surface area contributed by atoms with E-state index in [1.165, 1.54) is 11.3 Å². The molecule has 2 heterocycles. The molecule has 0 aliphatic carbocycles. The first-order chi connectivity index (χ1) is 10.0. The Bertz CT molecular complexity index is 542. The zero-order valence-electron chi connectivity index (χ0n) is 12.8. The van der Waals surface area contributed by atoms with Crippen LogP contribution in [0.4, 0.5) is 0 Å². The summed E-state index contributed by atoms with van der Waals surface area (Å²) < 4.78 is 27.8. The number of nitrogens with zero attached hydrogens (tertiary/aromatic N) is 1. The van der Waals surface area contributed by atoms with E-state index in [9.17, 15) is 8.42 Å². The summed E-state index contributed by atoms with van der Waals surface area (Å²) in [6.07, 6.45) is 1.08. The summed E-state index contributed by atoms with van der Waals surface area (Å²) in [5.74, 6) is 0.431. The van der Waals surface area contributed by atoms with Crippen LogP contribution in [0.5, 0.6) is 0 Å². The molecule has 0 aromatic carbocycles. The van der Waals surface area contributed by atoms with E-state index in [1.54, 1.807) is 6.07 Å². The summed E-state index contributed by atoms with van der Waals surface area (Å²) in [6, 6.07) is 1.77. The minimum atomic E-state index is -3.35. The maximum atomic E-state index is 12.3. The van der Waals surface area contributed by atoms with E-state index in [-0.39, 0.29) is 0 Å². The number of rotatable bonds is 8. The molecule has 1 unspecified atom stereocenters. The first kappa shape index (κ1) is 16.9. The van der Waals surface area contributed by atoms with E-state index >= 15 is 0 Å². The van der Waals surface area contributed by atoms with Crippen molar-refractivity contribution in [1.29, 1.82) is 0 Å². The fourth-order valence-electron chi connectivity index (χ4n) is 2.52. The van der Waals surface area contributed by atoms with Gasteiger partial charge in [-0.15, -0.1) is 11.3 Å². The van der Waals surface area contributed by atoms with Crippen LogP contribution >= 0.6 is 11.3 Å². The van der Waals surface area contributed by atoms with Crippen molar-refractivity contribution in [3.05, 3.63) is 17.0 Å². The van der Waals surface area contributed by atoms with Gasteiger partial charge in [0.05, 0.1) is 0 Å². The molecule has 1 aliphatic heterocycles. The van der Waals surface area contributed by atoms with Gasteiger partial charge in [-0.1, -0.05) is 13.8 Å². The molecule has 120 valence electrons. The molecule has 0 radical (unpaired) electrons. The molecule has 1 aliphatic rings. The number of hydrogen-bond donors (Lipinski definition) is 2. The molecule has 7 heteroatoms. The van der Waals surface area contributed by atoms with Gasteiger partial charge < -0.3 is 10.2 Å². The maximum Gasteiger partial charge on any atom is 0.250 e. The van der Waals surface area contributed by atoms with Crippen molar-refractivity contribution in [2.45, 2.75) is 31.0 Å². The molecule has 2 rings (SSSR count). The monoisotopic (exact) mass is 331 g/mol. The van der Waals surface area contributed by atoms with Crippen molar-refractivity contribution in [2.75, 3.05) is 32.7 Å². The van der Waals surface area contributed by atoms with Crippen LogP contribution in [0.3, 0.4) is 0 Å². The van der Waals surface area contributed by atoms with Crippen molar-refractivity contribution in [3.8, 4) is 0 Å². The highest BCUT2D eigenvalue weighted by atomic mass is 32.2. The van der Waals surface area contributed by atoms with Crippen LogP contribution in [-0.2, 0) is 16.6 Å². The second-order valence-electron chi connectivity index (χ2n) is 5.45. The minimum Gasteiger partial charge on any atom is -0.313 e. The summed E-state index contributed by atoms with van der Waals surface area (Å²) in [5, 5.41) is 5.11. The topological polar surface area (TPSA) is 61.4 Å². The maximum absolute atomic E-state index is 12.3. The molecule has 1 atom stereocenters. The third kappa shape index (κ3) is 4.75. The van der Waals surface area contributed by atoms with Gasteiger partial charge in [-0.2, -0.15) is 0 Å². The molecule has 0 amide bonds. The van der Waals surface area contributed by atoms with Gasteiger partial charge in [0.25, 0.3) is 0 Å².